The number of hydrogen-bond acceptors (Lipinski definition) is 1. The topological polar surface area (TPSA) is 26.0 Å². The molecule has 0 heterocycles. The SMILES string of the molecule is Cc1ccc(C)c(C2CCC(N)C2)c1. The zero-order valence-corrected chi connectivity index (χ0v) is 9.09. The average molecular weight is 189 g/mol. The molecule has 2 atom stereocenters. The molecule has 1 aliphatic rings. The maximum Gasteiger partial charge on any atom is 0.00448 e. The maximum atomic E-state index is 5.95. The summed E-state index contributed by atoms with van der Waals surface area (Å²) in [5.41, 5.74) is 10.3. The first kappa shape index (κ1) is 9.72. The molecule has 0 radical (unpaired) electrons. The van der Waals surface area contributed by atoms with Crippen molar-refractivity contribution in [2.75, 3.05) is 0 Å². The van der Waals surface area contributed by atoms with Crippen LogP contribution in [0, 0.1) is 13.8 Å². The van der Waals surface area contributed by atoms with Crippen LogP contribution >= 0.6 is 0 Å². The molecule has 0 amide bonds. The molecule has 0 aliphatic heterocycles. The highest BCUT2D eigenvalue weighted by Gasteiger charge is 2.24. The van der Waals surface area contributed by atoms with Gasteiger partial charge in [-0.05, 0) is 50.2 Å². The van der Waals surface area contributed by atoms with Crippen molar-refractivity contribution in [2.45, 2.75) is 45.1 Å². The number of rotatable bonds is 1. The van der Waals surface area contributed by atoms with E-state index in [9.17, 15) is 0 Å². The van der Waals surface area contributed by atoms with Crippen molar-refractivity contribution >= 4 is 0 Å². The quantitative estimate of drug-likeness (QED) is 0.722. The Balaban J connectivity index is 2.27. The highest BCUT2D eigenvalue weighted by atomic mass is 14.6. The Bertz CT molecular complexity index is 330. The summed E-state index contributed by atoms with van der Waals surface area (Å²) in [5.74, 6) is 0.713. The van der Waals surface area contributed by atoms with Gasteiger partial charge in [0.15, 0.2) is 0 Å². The lowest BCUT2D eigenvalue weighted by atomic mass is 9.92. The van der Waals surface area contributed by atoms with Gasteiger partial charge in [-0.25, -0.2) is 0 Å². The summed E-state index contributed by atoms with van der Waals surface area (Å²) in [6.07, 6.45) is 3.63. The molecule has 2 N–H and O–H groups in total. The molecule has 0 spiro atoms. The van der Waals surface area contributed by atoms with E-state index < -0.39 is 0 Å². The second-order valence-corrected chi connectivity index (χ2v) is 4.63. The van der Waals surface area contributed by atoms with E-state index in [-0.39, 0.29) is 0 Å². The first-order chi connectivity index (χ1) is 6.66. The molecule has 14 heavy (non-hydrogen) atoms. The van der Waals surface area contributed by atoms with E-state index in [1.165, 1.54) is 36.0 Å². The van der Waals surface area contributed by atoms with Crippen LogP contribution in [0.25, 0.3) is 0 Å². The summed E-state index contributed by atoms with van der Waals surface area (Å²) < 4.78 is 0. The Labute approximate surface area is 86.3 Å². The van der Waals surface area contributed by atoms with E-state index in [4.69, 9.17) is 5.73 Å². The molecular formula is C13H19N. The van der Waals surface area contributed by atoms with Gasteiger partial charge in [0.25, 0.3) is 0 Å². The standard InChI is InChI=1S/C13H19N/c1-9-3-4-10(2)13(7-9)11-5-6-12(14)8-11/h3-4,7,11-12H,5-6,8,14H2,1-2H3. The smallest absolute Gasteiger partial charge is 0.00448 e. The van der Waals surface area contributed by atoms with Gasteiger partial charge in [0.1, 0.15) is 0 Å². The summed E-state index contributed by atoms with van der Waals surface area (Å²) in [7, 11) is 0. The van der Waals surface area contributed by atoms with Crippen molar-refractivity contribution in [3.8, 4) is 0 Å². The predicted molar refractivity (Wildman–Crippen MR) is 60.5 cm³/mol. The van der Waals surface area contributed by atoms with Crippen LogP contribution < -0.4 is 5.73 Å². The van der Waals surface area contributed by atoms with Crippen molar-refractivity contribution < 1.29 is 0 Å². The van der Waals surface area contributed by atoms with E-state index in [1.807, 2.05) is 0 Å². The minimum Gasteiger partial charge on any atom is -0.328 e. The number of nitrogens with two attached hydrogens (primary N) is 1. The third-order valence-corrected chi connectivity index (χ3v) is 3.35. The molecule has 1 aromatic rings. The van der Waals surface area contributed by atoms with Crippen LogP contribution in [-0.2, 0) is 0 Å². The largest absolute Gasteiger partial charge is 0.328 e. The van der Waals surface area contributed by atoms with E-state index in [1.54, 1.807) is 0 Å². The Hall–Kier alpha value is -0.820. The highest BCUT2D eigenvalue weighted by molar-refractivity contribution is 5.34. The third kappa shape index (κ3) is 1.83. The third-order valence-electron chi connectivity index (χ3n) is 3.35. The Morgan fingerprint density at radius 2 is 2.00 bits per heavy atom. The molecule has 76 valence electrons. The van der Waals surface area contributed by atoms with Crippen LogP contribution in [0.4, 0.5) is 0 Å². The van der Waals surface area contributed by atoms with Gasteiger partial charge in [-0.2, -0.15) is 0 Å². The van der Waals surface area contributed by atoms with E-state index >= 15 is 0 Å². The molecule has 2 unspecified atom stereocenters. The zero-order valence-electron chi connectivity index (χ0n) is 9.09. The summed E-state index contributed by atoms with van der Waals surface area (Å²) >= 11 is 0. The molecule has 0 saturated heterocycles. The van der Waals surface area contributed by atoms with Gasteiger partial charge >= 0.3 is 0 Å². The molecule has 1 aromatic carbocycles. The van der Waals surface area contributed by atoms with Gasteiger partial charge in [-0.3, -0.25) is 0 Å². The highest BCUT2D eigenvalue weighted by Crippen LogP contribution is 2.35. The summed E-state index contributed by atoms with van der Waals surface area (Å²) in [6.45, 7) is 4.37. The van der Waals surface area contributed by atoms with Gasteiger partial charge < -0.3 is 5.73 Å². The van der Waals surface area contributed by atoms with Crippen molar-refractivity contribution in [3.05, 3.63) is 34.9 Å². The van der Waals surface area contributed by atoms with Crippen LogP contribution in [-0.4, -0.2) is 6.04 Å². The van der Waals surface area contributed by atoms with Gasteiger partial charge in [0, 0.05) is 6.04 Å². The number of benzene rings is 1. The first-order valence-electron chi connectivity index (χ1n) is 5.49. The normalized spacial score (nSPS) is 26.8. The summed E-state index contributed by atoms with van der Waals surface area (Å²) in [5, 5.41) is 0. The lowest BCUT2D eigenvalue weighted by Crippen LogP contribution is -2.14. The van der Waals surface area contributed by atoms with Crippen LogP contribution in [0.1, 0.15) is 41.9 Å². The van der Waals surface area contributed by atoms with E-state index in [0.717, 1.165) is 0 Å². The molecule has 0 bridgehead atoms. The number of aryl methyl sites for hydroxylation is 2. The van der Waals surface area contributed by atoms with Crippen LogP contribution in [0.15, 0.2) is 18.2 Å². The van der Waals surface area contributed by atoms with Gasteiger partial charge in [0.05, 0.1) is 0 Å². The predicted octanol–water partition coefficient (Wildman–Crippen LogP) is 2.90. The fraction of sp³-hybridized carbons (Fsp3) is 0.538. The van der Waals surface area contributed by atoms with Gasteiger partial charge in [-0.1, -0.05) is 23.8 Å². The minimum absolute atomic E-state index is 0.430. The van der Waals surface area contributed by atoms with Gasteiger partial charge in [0.2, 0.25) is 0 Å². The molecule has 1 heteroatoms. The lowest BCUT2D eigenvalue weighted by Gasteiger charge is -2.14. The molecule has 0 aromatic heterocycles. The monoisotopic (exact) mass is 189 g/mol. The fourth-order valence-corrected chi connectivity index (χ4v) is 2.50. The van der Waals surface area contributed by atoms with E-state index in [0.29, 0.717) is 12.0 Å². The zero-order chi connectivity index (χ0) is 10.1. The van der Waals surface area contributed by atoms with Crippen LogP contribution in [0.2, 0.25) is 0 Å². The molecule has 2 rings (SSSR count). The summed E-state index contributed by atoms with van der Waals surface area (Å²) in [4.78, 5) is 0. The number of hydrogen-bond donors (Lipinski definition) is 1. The second-order valence-electron chi connectivity index (χ2n) is 4.63. The van der Waals surface area contributed by atoms with Crippen molar-refractivity contribution in [2.24, 2.45) is 5.73 Å². The molecule has 1 fully saturated rings. The first-order valence-corrected chi connectivity index (χ1v) is 5.49. The van der Waals surface area contributed by atoms with Crippen LogP contribution in [0.5, 0.6) is 0 Å². The molecule has 1 aliphatic carbocycles. The summed E-state index contributed by atoms with van der Waals surface area (Å²) in [6, 6.07) is 7.18. The van der Waals surface area contributed by atoms with Crippen molar-refractivity contribution in [1.82, 2.24) is 0 Å². The van der Waals surface area contributed by atoms with Crippen molar-refractivity contribution in [3.63, 3.8) is 0 Å². The lowest BCUT2D eigenvalue weighted by molar-refractivity contribution is 0.672. The Morgan fingerprint density at radius 3 is 2.64 bits per heavy atom. The average Bonchev–Trinajstić information content (AvgIpc) is 2.56. The van der Waals surface area contributed by atoms with E-state index in [2.05, 4.69) is 32.0 Å². The fourth-order valence-electron chi connectivity index (χ4n) is 2.50. The minimum atomic E-state index is 0.430. The second kappa shape index (κ2) is 3.74. The molecule has 1 nitrogen and oxygen atoms in total. The Morgan fingerprint density at radius 1 is 1.21 bits per heavy atom. The molecular weight excluding hydrogens is 170 g/mol. The maximum absolute atomic E-state index is 5.95. The van der Waals surface area contributed by atoms with Crippen LogP contribution in [0.3, 0.4) is 0 Å². The van der Waals surface area contributed by atoms with Crippen molar-refractivity contribution in [1.29, 1.82) is 0 Å². The van der Waals surface area contributed by atoms with Gasteiger partial charge in [-0.15, -0.1) is 0 Å². The Kier molecular flexibility index (Phi) is 2.60. The molecule has 1 saturated carbocycles.